The van der Waals surface area contributed by atoms with Crippen molar-refractivity contribution in [2.24, 2.45) is 5.92 Å². The van der Waals surface area contributed by atoms with Crippen molar-refractivity contribution in [2.75, 3.05) is 7.11 Å². The fourth-order valence-corrected chi connectivity index (χ4v) is 3.57. The van der Waals surface area contributed by atoms with Crippen LogP contribution in [0.15, 0.2) is 29.2 Å². The van der Waals surface area contributed by atoms with Gasteiger partial charge in [-0.2, -0.15) is 0 Å². The molecule has 0 unspecified atom stereocenters. The lowest BCUT2D eigenvalue weighted by molar-refractivity contribution is -0.387. The molecule has 0 bridgehead atoms. The largest absolute Gasteiger partial charge is 0.469 e. The van der Waals surface area contributed by atoms with Gasteiger partial charge in [-0.05, 0) is 18.4 Å². The second-order valence-electron chi connectivity index (χ2n) is 5.45. The number of hydrogen-bond acceptors (Lipinski definition) is 6. The molecule has 1 aromatic carbocycles. The van der Waals surface area contributed by atoms with Crippen LogP contribution in [0.2, 0.25) is 0 Å². The molecule has 0 aromatic heterocycles. The van der Waals surface area contributed by atoms with Crippen molar-refractivity contribution in [3.8, 4) is 0 Å². The molecule has 0 amide bonds. The Balaban J connectivity index is 3.10. The number of rotatable bonds is 8. The van der Waals surface area contributed by atoms with Gasteiger partial charge in [-0.3, -0.25) is 14.9 Å². The highest BCUT2D eigenvalue weighted by atomic mass is 32.2. The molecule has 8 nitrogen and oxygen atoms in total. The maximum atomic E-state index is 12.5. The van der Waals surface area contributed by atoms with E-state index in [1.165, 1.54) is 19.2 Å². The number of nitro groups is 1. The van der Waals surface area contributed by atoms with E-state index < -0.39 is 37.5 Å². The molecule has 1 atom stereocenters. The highest BCUT2D eigenvalue weighted by Gasteiger charge is 2.29. The first-order valence-electron chi connectivity index (χ1n) is 7.00. The van der Waals surface area contributed by atoms with Crippen molar-refractivity contribution >= 4 is 21.7 Å². The average Bonchev–Trinajstić information content (AvgIpc) is 2.45. The van der Waals surface area contributed by atoms with Crippen LogP contribution in [0.3, 0.4) is 0 Å². The van der Waals surface area contributed by atoms with Gasteiger partial charge in [-0.15, -0.1) is 0 Å². The van der Waals surface area contributed by atoms with E-state index in [-0.39, 0.29) is 12.3 Å². The topological polar surface area (TPSA) is 116 Å². The third kappa shape index (κ3) is 5.61. The number of esters is 1. The SMILES string of the molecule is COC(=O)C[C@H](CC(C)C)NS(=O)(=O)c1ccccc1[N+](=O)[O-]. The number of para-hydroxylation sites is 1. The molecule has 1 aromatic rings. The summed E-state index contributed by atoms with van der Waals surface area (Å²) in [7, 11) is -2.92. The minimum atomic E-state index is -4.13. The van der Waals surface area contributed by atoms with Gasteiger partial charge in [0.25, 0.3) is 5.69 Å². The van der Waals surface area contributed by atoms with Crippen molar-refractivity contribution in [2.45, 2.75) is 37.6 Å². The van der Waals surface area contributed by atoms with Crippen LogP contribution in [0, 0.1) is 16.0 Å². The number of sulfonamides is 1. The lowest BCUT2D eigenvalue weighted by Crippen LogP contribution is -2.37. The maximum Gasteiger partial charge on any atom is 0.307 e. The summed E-state index contributed by atoms with van der Waals surface area (Å²) >= 11 is 0. The van der Waals surface area contributed by atoms with Gasteiger partial charge >= 0.3 is 5.97 Å². The summed E-state index contributed by atoms with van der Waals surface area (Å²) in [6.45, 7) is 3.76. The average molecular weight is 344 g/mol. The van der Waals surface area contributed by atoms with E-state index in [0.29, 0.717) is 6.42 Å². The summed E-state index contributed by atoms with van der Waals surface area (Å²) in [5.74, 6) is -0.431. The molecule has 0 heterocycles. The van der Waals surface area contributed by atoms with E-state index >= 15 is 0 Å². The van der Waals surface area contributed by atoms with Crippen LogP contribution in [-0.2, 0) is 19.6 Å². The Kier molecular flexibility index (Phi) is 6.64. The van der Waals surface area contributed by atoms with Crippen LogP contribution in [0.25, 0.3) is 0 Å². The first-order valence-corrected chi connectivity index (χ1v) is 8.48. The Morgan fingerprint density at radius 3 is 2.48 bits per heavy atom. The Labute approximate surface area is 135 Å². The van der Waals surface area contributed by atoms with Crippen LogP contribution in [0.4, 0.5) is 5.69 Å². The van der Waals surface area contributed by atoms with Crippen LogP contribution in [0.5, 0.6) is 0 Å². The van der Waals surface area contributed by atoms with Crippen molar-refractivity contribution in [1.82, 2.24) is 4.72 Å². The van der Waals surface area contributed by atoms with Gasteiger partial charge < -0.3 is 4.74 Å². The predicted octanol–water partition coefficient (Wildman–Crippen LogP) is 1.85. The molecule has 0 aliphatic rings. The van der Waals surface area contributed by atoms with Gasteiger partial charge in [0.2, 0.25) is 10.0 Å². The van der Waals surface area contributed by atoms with Gasteiger partial charge in [-0.1, -0.05) is 26.0 Å². The van der Waals surface area contributed by atoms with E-state index in [1.807, 2.05) is 13.8 Å². The summed E-state index contributed by atoms with van der Waals surface area (Å²) in [6.07, 6.45) is 0.253. The molecule has 128 valence electrons. The number of benzene rings is 1. The molecule has 23 heavy (non-hydrogen) atoms. The second kappa shape index (κ2) is 8.02. The molecule has 0 spiro atoms. The first kappa shape index (κ1) is 19.0. The molecular formula is C14H20N2O6S. The Hall–Kier alpha value is -2.00. The predicted molar refractivity (Wildman–Crippen MR) is 83.3 cm³/mol. The van der Waals surface area contributed by atoms with E-state index in [9.17, 15) is 23.3 Å². The lowest BCUT2D eigenvalue weighted by atomic mass is 10.0. The number of methoxy groups -OCH3 is 1. The molecule has 0 radical (unpaired) electrons. The zero-order valence-electron chi connectivity index (χ0n) is 13.2. The molecule has 1 rings (SSSR count). The number of nitrogens with zero attached hydrogens (tertiary/aromatic N) is 1. The van der Waals surface area contributed by atoms with Crippen molar-refractivity contribution in [3.05, 3.63) is 34.4 Å². The van der Waals surface area contributed by atoms with Gasteiger partial charge in [-0.25, -0.2) is 13.1 Å². The number of carbonyl (C=O) groups is 1. The summed E-state index contributed by atoms with van der Waals surface area (Å²) < 4.78 is 31.8. The second-order valence-corrected chi connectivity index (χ2v) is 7.14. The van der Waals surface area contributed by atoms with Crippen LogP contribution in [0.1, 0.15) is 26.7 Å². The quantitative estimate of drug-likeness (QED) is 0.437. The fourth-order valence-electron chi connectivity index (χ4n) is 2.14. The highest BCUT2D eigenvalue weighted by Crippen LogP contribution is 2.24. The number of ether oxygens (including phenoxy) is 1. The van der Waals surface area contributed by atoms with Gasteiger partial charge in [0.1, 0.15) is 0 Å². The number of nitrogens with one attached hydrogen (secondary N) is 1. The molecule has 1 N–H and O–H groups in total. The standard InChI is InChI=1S/C14H20N2O6S/c1-10(2)8-11(9-14(17)22-3)15-23(20,21)13-7-5-4-6-12(13)16(18)19/h4-7,10-11,15H,8-9H2,1-3H3/t11-/m0/s1. The molecular weight excluding hydrogens is 324 g/mol. The first-order chi connectivity index (χ1) is 10.7. The van der Waals surface area contributed by atoms with Crippen molar-refractivity contribution < 1.29 is 22.9 Å². The van der Waals surface area contributed by atoms with Crippen LogP contribution < -0.4 is 4.72 Å². The maximum absolute atomic E-state index is 12.5. The lowest BCUT2D eigenvalue weighted by Gasteiger charge is -2.19. The normalized spacial score (nSPS) is 12.9. The highest BCUT2D eigenvalue weighted by molar-refractivity contribution is 7.89. The Morgan fingerprint density at radius 2 is 1.96 bits per heavy atom. The number of hydrogen-bond donors (Lipinski definition) is 1. The van der Waals surface area contributed by atoms with Crippen molar-refractivity contribution in [1.29, 1.82) is 0 Å². The van der Waals surface area contributed by atoms with E-state index in [1.54, 1.807) is 0 Å². The molecule has 0 fully saturated rings. The molecule has 0 saturated carbocycles. The van der Waals surface area contributed by atoms with Crippen LogP contribution in [-0.4, -0.2) is 32.5 Å². The zero-order chi connectivity index (χ0) is 17.6. The van der Waals surface area contributed by atoms with E-state index in [0.717, 1.165) is 12.1 Å². The van der Waals surface area contributed by atoms with Crippen molar-refractivity contribution in [3.63, 3.8) is 0 Å². The molecule has 9 heteroatoms. The smallest absolute Gasteiger partial charge is 0.307 e. The number of nitro benzene ring substituents is 1. The monoisotopic (exact) mass is 344 g/mol. The fraction of sp³-hybridized carbons (Fsp3) is 0.500. The third-order valence-electron chi connectivity index (χ3n) is 3.07. The molecule has 0 saturated heterocycles. The minimum absolute atomic E-state index is 0.123. The number of carbonyl (C=O) groups excluding carboxylic acids is 1. The Morgan fingerprint density at radius 1 is 1.35 bits per heavy atom. The van der Waals surface area contributed by atoms with Gasteiger partial charge in [0.05, 0.1) is 18.5 Å². The van der Waals surface area contributed by atoms with Crippen LogP contribution >= 0.6 is 0 Å². The summed E-state index contributed by atoms with van der Waals surface area (Å²) in [4.78, 5) is 21.2. The summed E-state index contributed by atoms with van der Waals surface area (Å²) in [6, 6.07) is 4.36. The molecule has 0 aliphatic heterocycles. The summed E-state index contributed by atoms with van der Waals surface area (Å²) in [5, 5.41) is 11.0. The van der Waals surface area contributed by atoms with E-state index in [4.69, 9.17) is 0 Å². The Bertz CT molecular complexity index is 672. The van der Waals surface area contributed by atoms with E-state index in [2.05, 4.69) is 9.46 Å². The summed E-state index contributed by atoms with van der Waals surface area (Å²) in [5.41, 5.74) is -0.513. The zero-order valence-corrected chi connectivity index (χ0v) is 14.0. The van der Waals surface area contributed by atoms with Gasteiger partial charge in [0, 0.05) is 12.1 Å². The van der Waals surface area contributed by atoms with Gasteiger partial charge in [0.15, 0.2) is 4.90 Å². The minimum Gasteiger partial charge on any atom is -0.469 e. The third-order valence-corrected chi connectivity index (χ3v) is 4.64. The molecule has 0 aliphatic carbocycles.